The van der Waals surface area contributed by atoms with Crippen molar-refractivity contribution >= 4 is 16.7 Å². The molecule has 3 N–H and O–H groups in total. The van der Waals surface area contributed by atoms with E-state index in [4.69, 9.17) is 10.7 Å². The Balaban J connectivity index is 2.26. The Kier molecular flexibility index (Phi) is 2.56. The lowest BCUT2D eigenvalue weighted by atomic mass is 10.1. The Hall–Kier alpha value is -2.29. The van der Waals surface area contributed by atoms with E-state index >= 15 is 0 Å². The fourth-order valence-electron chi connectivity index (χ4n) is 2.51. The lowest BCUT2D eigenvalue weighted by Gasteiger charge is -2.04. The Morgan fingerprint density at radius 3 is 2.68 bits per heavy atom. The highest BCUT2D eigenvalue weighted by molar-refractivity contribution is 5.84. The summed E-state index contributed by atoms with van der Waals surface area (Å²) in [6.45, 7) is 6.21. The van der Waals surface area contributed by atoms with Crippen molar-refractivity contribution in [3.05, 3.63) is 47.0 Å². The molecule has 3 aromatic rings. The number of nitrogens with two attached hydrogens (primary N) is 1. The van der Waals surface area contributed by atoms with Crippen molar-refractivity contribution in [2.24, 2.45) is 0 Å². The predicted octanol–water partition coefficient (Wildman–Crippen LogP) is 3.74. The molecule has 0 saturated carbocycles. The number of H-pyrrole nitrogens is 1. The molecule has 0 amide bonds. The van der Waals surface area contributed by atoms with Crippen molar-refractivity contribution in [2.45, 2.75) is 20.8 Å². The zero-order chi connectivity index (χ0) is 13.6. The van der Waals surface area contributed by atoms with Crippen molar-refractivity contribution in [1.82, 2.24) is 9.97 Å². The number of aromatic amines is 1. The number of imidazole rings is 1. The molecule has 0 radical (unpaired) electrons. The van der Waals surface area contributed by atoms with Gasteiger partial charge in [-0.1, -0.05) is 18.2 Å². The Morgan fingerprint density at radius 1 is 1.11 bits per heavy atom. The molecule has 0 bridgehead atoms. The Labute approximate surface area is 112 Å². The van der Waals surface area contributed by atoms with Gasteiger partial charge in [0.15, 0.2) is 0 Å². The third kappa shape index (κ3) is 1.87. The smallest absolute Gasteiger partial charge is 0.138 e. The minimum absolute atomic E-state index is 0.797. The number of fused-ring (bicyclic) bond motifs is 1. The van der Waals surface area contributed by atoms with Gasteiger partial charge in [0, 0.05) is 11.3 Å². The molecule has 19 heavy (non-hydrogen) atoms. The van der Waals surface area contributed by atoms with E-state index in [0.29, 0.717) is 0 Å². The SMILES string of the molecule is Cc1cc(C)c2nc(-c3cccc(N)c3C)[nH]c2c1. The first-order valence-electron chi connectivity index (χ1n) is 6.38. The average Bonchev–Trinajstić information content (AvgIpc) is 2.76. The number of nitrogens with zero attached hydrogens (tertiary/aromatic N) is 1. The number of rotatable bonds is 1. The van der Waals surface area contributed by atoms with E-state index in [9.17, 15) is 0 Å². The first kappa shape index (κ1) is 11.8. The van der Waals surface area contributed by atoms with Crippen molar-refractivity contribution in [2.75, 3.05) is 5.73 Å². The van der Waals surface area contributed by atoms with Crippen LogP contribution < -0.4 is 5.73 Å². The molecule has 0 spiro atoms. The maximum Gasteiger partial charge on any atom is 0.138 e. The second-order valence-corrected chi connectivity index (χ2v) is 5.08. The largest absolute Gasteiger partial charge is 0.398 e. The quantitative estimate of drug-likeness (QED) is 0.647. The molecular formula is C16H17N3. The van der Waals surface area contributed by atoms with Gasteiger partial charge in [-0.05, 0) is 49.6 Å². The second-order valence-electron chi connectivity index (χ2n) is 5.08. The first-order valence-corrected chi connectivity index (χ1v) is 6.38. The molecule has 96 valence electrons. The van der Waals surface area contributed by atoms with Gasteiger partial charge in [-0.2, -0.15) is 0 Å². The molecule has 3 rings (SSSR count). The molecule has 0 aliphatic rings. The molecule has 2 aromatic carbocycles. The summed E-state index contributed by atoms with van der Waals surface area (Å²) in [7, 11) is 0. The van der Waals surface area contributed by atoms with Gasteiger partial charge in [-0.15, -0.1) is 0 Å². The highest BCUT2D eigenvalue weighted by atomic mass is 14.9. The summed E-state index contributed by atoms with van der Waals surface area (Å²) in [5.74, 6) is 0.883. The van der Waals surface area contributed by atoms with Crippen LogP contribution in [-0.2, 0) is 0 Å². The van der Waals surface area contributed by atoms with Crippen molar-refractivity contribution in [3.63, 3.8) is 0 Å². The van der Waals surface area contributed by atoms with Gasteiger partial charge in [0.05, 0.1) is 11.0 Å². The predicted molar refractivity (Wildman–Crippen MR) is 80.2 cm³/mol. The normalized spacial score (nSPS) is 11.1. The zero-order valence-corrected chi connectivity index (χ0v) is 11.4. The molecule has 1 aromatic heterocycles. The number of hydrogen-bond acceptors (Lipinski definition) is 2. The molecule has 0 fully saturated rings. The van der Waals surface area contributed by atoms with Crippen molar-refractivity contribution in [1.29, 1.82) is 0 Å². The molecule has 0 saturated heterocycles. The van der Waals surface area contributed by atoms with Gasteiger partial charge in [0.25, 0.3) is 0 Å². The molecule has 3 heteroatoms. The van der Waals surface area contributed by atoms with Gasteiger partial charge >= 0.3 is 0 Å². The van der Waals surface area contributed by atoms with Crippen LogP contribution in [0.2, 0.25) is 0 Å². The average molecular weight is 251 g/mol. The van der Waals surface area contributed by atoms with Gasteiger partial charge in [0.2, 0.25) is 0 Å². The number of aryl methyl sites for hydroxylation is 2. The molecular weight excluding hydrogens is 234 g/mol. The van der Waals surface area contributed by atoms with E-state index < -0.39 is 0 Å². The van der Waals surface area contributed by atoms with Gasteiger partial charge in [-0.3, -0.25) is 0 Å². The van der Waals surface area contributed by atoms with Crippen LogP contribution in [0.5, 0.6) is 0 Å². The standard InChI is InChI=1S/C16H17N3/c1-9-7-10(2)15-14(8-9)18-16(19-15)12-5-4-6-13(17)11(12)3/h4-8H,17H2,1-3H3,(H,18,19). The summed E-state index contributed by atoms with van der Waals surface area (Å²) < 4.78 is 0. The summed E-state index contributed by atoms with van der Waals surface area (Å²) in [6, 6.07) is 10.2. The lowest BCUT2D eigenvalue weighted by Crippen LogP contribution is -1.92. The van der Waals surface area contributed by atoms with Crippen LogP contribution in [-0.4, -0.2) is 9.97 Å². The topological polar surface area (TPSA) is 54.7 Å². The first-order chi connectivity index (χ1) is 9.06. The Bertz CT molecular complexity index is 769. The van der Waals surface area contributed by atoms with Crippen LogP contribution in [0.25, 0.3) is 22.4 Å². The number of benzene rings is 2. The van der Waals surface area contributed by atoms with Crippen molar-refractivity contribution in [3.8, 4) is 11.4 Å². The Morgan fingerprint density at radius 2 is 1.89 bits per heavy atom. The maximum atomic E-state index is 5.96. The highest BCUT2D eigenvalue weighted by Gasteiger charge is 2.10. The molecule has 0 aliphatic carbocycles. The molecule has 0 aliphatic heterocycles. The van der Waals surface area contributed by atoms with Crippen LogP contribution in [0.1, 0.15) is 16.7 Å². The number of hydrogen-bond donors (Lipinski definition) is 2. The lowest BCUT2D eigenvalue weighted by molar-refractivity contribution is 1.30. The van der Waals surface area contributed by atoms with Crippen LogP contribution in [0, 0.1) is 20.8 Å². The summed E-state index contributed by atoms with van der Waals surface area (Å²) in [4.78, 5) is 8.11. The van der Waals surface area contributed by atoms with Gasteiger partial charge in [0.1, 0.15) is 5.82 Å². The van der Waals surface area contributed by atoms with Gasteiger partial charge < -0.3 is 10.7 Å². The summed E-state index contributed by atoms with van der Waals surface area (Å²) in [6.07, 6.45) is 0. The fourth-order valence-corrected chi connectivity index (χ4v) is 2.51. The van der Waals surface area contributed by atoms with E-state index in [1.54, 1.807) is 0 Å². The summed E-state index contributed by atoms with van der Waals surface area (Å²) in [5, 5.41) is 0. The second kappa shape index (κ2) is 4.12. The van der Waals surface area contributed by atoms with Crippen LogP contribution >= 0.6 is 0 Å². The molecule has 1 heterocycles. The summed E-state index contributed by atoms with van der Waals surface area (Å²) >= 11 is 0. The number of aromatic nitrogens is 2. The monoisotopic (exact) mass is 251 g/mol. The number of nitrogens with one attached hydrogen (secondary N) is 1. The van der Waals surface area contributed by atoms with E-state index in [1.807, 2.05) is 25.1 Å². The fraction of sp³-hybridized carbons (Fsp3) is 0.188. The zero-order valence-electron chi connectivity index (χ0n) is 11.4. The number of nitrogen functional groups attached to an aromatic ring is 1. The van der Waals surface area contributed by atoms with E-state index in [2.05, 4.69) is 31.0 Å². The minimum atomic E-state index is 0.797. The third-order valence-corrected chi connectivity index (χ3v) is 3.55. The van der Waals surface area contributed by atoms with E-state index in [0.717, 1.165) is 33.7 Å². The van der Waals surface area contributed by atoms with Crippen LogP contribution in [0.4, 0.5) is 5.69 Å². The number of anilines is 1. The van der Waals surface area contributed by atoms with Crippen LogP contribution in [0.3, 0.4) is 0 Å². The maximum absolute atomic E-state index is 5.96. The van der Waals surface area contributed by atoms with Crippen LogP contribution in [0.15, 0.2) is 30.3 Å². The third-order valence-electron chi connectivity index (χ3n) is 3.55. The van der Waals surface area contributed by atoms with E-state index in [1.165, 1.54) is 11.1 Å². The molecule has 3 nitrogen and oxygen atoms in total. The molecule has 0 atom stereocenters. The highest BCUT2D eigenvalue weighted by Crippen LogP contribution is 2.28. The molecule has 0 unspecified atom stereocenters. The van der Waals surface area contributed by atoms with Crippen molar-refractivity contribution < 1.29 is 0 Å². The minimum Gasteiger partial charge on any atom is -0.398 e. The summed E-state index contributed by atoms with van der Waals surface area (Å²) in [5.41, 5.74) is 13.4. The van der Waals surface area contributed by atoms with E-state index in [-0.39, 0.29) is 0 Å². The van der Waals surface area contributed by atoms with Gasteiger partial charge in [-0.25, -0.2) is 4.98 Å².